The van der Waals surface area contributed by atoms with Crippen LogP contribution in [0.25, 0.3) is 0 Å². The second kappa shape index (κ2) is 5.70. The Labute approximate surface area is 113 Å². The van der Waals surface area contributed by atoms with Gasteiger partial charge in [-0.05, 0) is 44.5 Å². The Morgan fingerprint density at radius 2 is 2.05 bits per heavy atom. The molecular weight excluding hydrogens is 243 g/mol. The van der Waals surface area contributed by atoms with Crippen molar-refractivity contribution in [1.29, 1.82) is 0 Å². The summed E-state index contributed by atoms with van der Waals surface area (Å²) in [5, 5.41) is 3.43. The summed E-state index contributed by atoms with van der Waals surface area (Å²) in [6.45, 7) is 6.66. The molecule has 4 heteroatoms. The normalized spacial score (nSPS) is 19.0. The molecule has 1 N–H and O–H groups in total. The molecule has 1 fully saturated rings. The molecule has 0 radical (unpaired) electrons. The molecule has 0 aliphatic carbocycles. The molecule has 0 atom stereocenters. The average molecular weight is 264 g/mol. The van der Waals surface area contributed by atoms with Crippen LogP contribution in [0.1, 0.15) is 25.8 Å². The van der Waals surface area contributed by atoms with Gasteiger partial charge in [0, 0.05) is 18.6 Å². The van der Waals surface area contributed by atoms with Crippen LogP contribution in [0.15, 0.2) is 24.3 Å². The van der Waals surface area contributed by atoms with Gasteiger partial charge in [0.25, 0.3) is 0 Å². The van der Waals surface area contributed by atoms with Crippen molar-refractivity contribution in [3.8, 4) is 0 Å². The SMILES string of the molecule is CC1(C)CN(C(=O)Cc2ccc(F)cc2)CCCN1. The third-order valence-corrected chi connectivity index (χ3v) is 3.42. The number of amides is 1. The van der Waals surface area contributed by atoms with Crippen molar-refractivity contribution >= 4 is 5.91 Å². The molecule has 0 aromatic heterocycles. The minimum Gasteiger partial charge on any atom is -0.341 e. The van der Waals surface area contributed by atoms with E-state index in [2.05, 4.69) is 19.2 Å². The van der Waals surface area contributed by atoms with Crippen molar-refractivity contribution in [2.45, 2.75) is 32.2 Å². The van der Waals surface area contributed by atoms with Crippen LogP contribution in [0.5, 0.6) is 0 Å². The van der Waals surface area contributed by atoms with E-state index in [0.29, 0.717) is 13.0 Å². The van der Waals surface area contributed by atoms with Gasteiger partial charge in [-0.3, -0.25) is 4.79 Å². The number of nitrogens with zero attached hydrogens (tertiary/aromatic N) is 1. The van der Waals surface area contributed by atoms with Gasteiger partial charge in [-0.25, -0.2) is 4.39 Å². The monoisotopic (exact) mass is 264 g/mol. The lowest BCUT2D eigenvalue weighted by molar-refractivity contribution is -0.131. The summed E-state index contributed by atoms with van der Waals surface area (Å²) in [5.74, 6) is -0.153. The maximum absolute atomic E-state index is 12.8. The van der Waals surface area contributed by atoms with E-state index in [4.69, 9.17) is 0 Å². The first-order chi connectivity index (χ1) is 8.96. The number of carbonyl (C=O) groups is 1. The Bertz CT molecular complexity index is 442. The van der Waals surface area contributed by atoms with Crippen LogP contribution in [0.3, 0.4) is 0 Å². The van der Waals surface area contributed by atoms with Gasteiger partial charge in [0.1, 0.15) is 5.82 Å². The first kappa shape index (κ1) is 14.0. The molecule has 0 spiro atoms. The molecule has 1 aromatic rings. The highest BCUT2D eigenvalue weighted by Gasteiger charge is 2.26. The number of nitrogens with one attached hydrogen (secondary N) is 1. The average Bonchev–Trinajstić information content (AvgIpc) is 2.53. The van der Waals surface area contributed by atoms with Crippen LogP contribution in [0.2, 0.25) is 0 Å². The summed E-state index contributed by atoms with van der Waals surface area (Å²) >= 11 is 0. The Morgan fingerprint density at radius 3 is 2.74 bits per heavy atom. The minimum atomic E-state index is -0.267. The molecule has 1 aliphatic heterocycles. The van der Waals surface area contributed by atoms with Gasteiger partial charge in [-0.2, -0.15) is 0 Å². The third kappa shape index (κ3) is 4.03. The largest absolute Gasteiger partial charge is 0.341 e. The van der Waals surface area contributed by atoms with E-state index in [9.17, 15) is 9.18 Å². The fourth-order valence-corrected chi connectivity index (χ4v) is 2.41. The quantitative estimate of drug-likeness (QED) is 0.885. The second-order valence-electron chi connectivity index (χ2n) is 5.78. The van der Waals surface area contributed by atoms with Crippen LogP contribution in [0, 0.1) is 5.82 Å². The number of hydrogen-bond acceptors (Lipinski definition) is 2. The maximum Gasteiger partial charge on any atom is 0.227 e. The topological polar surface area (TPSA) is 32.3 Å². The standard InChI is InChI=1S/C15H21FN2O/c1-15(2)11-18(9-3-8-17-15)14(19)10-12-4-6-13(16)7-5-12/h4-7,17H,3,8-11H2,1-2H3. The maximum atomic E-state index is 12.8. The number of benzene rings is 1. The van der Waals surface area contributed by atoms with E-state index in [1.54, 1.807) is 12.1 Å². The molecule has 19 heavy (non-hydrogen) atoms. The molecule has 1 aliphatic rings. The predicted octanol–water partition coefficient (Wildman–Crippen LogP) is 1.97. The Hall–Kier alpha value is -1.42. The molecule has 0 unspecified atom stereocenters. The van der Waals surface area contributed by atoms with Gasteiger partial charge < -0.3 is 10.2 Å². The fraction of sp³-hybridized carbons (Fsp3) is 0.533. The molecule has 1 aromatic carbocycles. The highest BCUT2D eigenvalue weighted by molar-refractivity contribution is 5.78. The summed E-state index contributed by atoms with van der Waals surface area (Å²) in [7, 11) is 0. The van der Waals surface area contributed by atoms with Crippen molar-refractivity contribution in [1.82, 2.24) is 10.2 Å². The lowest BCUT2D eigenvalue weighted by Gasteiger charge is -2.30. The van der Waals surface area contributed by atoms with E-state index in [0.717, 1.165) is 25.1 Å². The summed E-state index contributed by atoms with van der Waals surface area (Å²) in [5.41, 5.74) is 0.816. The lowest BCUT2D eigenvalue weighted by atomic mass is 10.0. The summed E-state index contributed by atoms with van der Waals surface area (Å²) in [6.07, 6.45) is 1.31. The van der Waals surface area contributed by atoms with Crippen molar-refractivity contribution in [3.05, 3.63) is 35.6 Å². The molecule has 1 heterocycles. The van der Waals surface area contributed by atoms with E-state index < -0.39 is 0 Å². The van der Waals surface area contributed by atoms with Crippen LogP contribution >= 0.6 is 0 Å². The smallest absolute Gasteiger partial charge is 0.227 e. The first-order valence-electron chi connectivity index (χ1n) is 6.73. The van der Waals surface area contributed by atoms with Gasteiger partial charge in [0.05, 0.1) is 6.42 Å². The van der Waals surface area contributed by atoms with Crippen LogP contribution < -0.4 is 5.32 Å². The summed E-state index contributed by atoms with van der Waals surface area (Å²) in [4.78, 5) is 14.2. The molecule has 3 nitrogen and oxygen atoms in total. The van der Waals surface area contributed by atoms with Gasteiger partial charge in [0.15, 0.2) is 0 Å². The Morgan fingerprint density at radius 1 is 1.37 bits per heavy atom. The van der Waals surface area contributed by atoms with Crippen LogP contribution in [-0.4, -0.2) is 36.0 Å². The van der Waals surface area contributed by atoms with Crippen molar-refractivity contribution < 1.29 is 9.18 Å². The number of hydrogen-bond donors (Lipinski definition) is 1. The van der Waals surface area contributed by atoms with Gasteiger partial charge in [0.2, 0.25) is 5.91 Å². The van der Waals surface area contributed by atoms with E-state index in [1.165, 1.54) is 12.1 Å². The van der Waals surface area contributed by atoms with Crippen LogP contribution in [0.4, 0.5) is 4.39 Å². The minimum absolute atomic E-state index is 0.0467. The van der Waals surface area contributed by atoms with Gasteiger partial charge in [-0.15, -0.1) is 0 Å². The molecule has 0 saturated carbocycles. The zero-order valence-electron chi connectivity index (χ0n) is 11.6. The highest BCUT2D eigenvalue weighted by atomic mass is 19.1. The molecule has 1 amide bonds. The van der Waals surface area contributed by atoms with Crippen molar-refractivity contribution in [3.63, 3.8) is 0 Å². The fourth-order valence-electron chi connectivity index (χ4n) is 2.41. The number of rotatable bonds is 2. The van der Waals surface area contributed by atoms with Crippen LogP contribution in [-0.2, 0) is 11.2 Å². The Kier molecular flexibility index (Phi) is 4.20. The van der Waals surface area contributed by atoms with E-state index >= 15 is 0 Å². The zero-order valence-corrected chi connectivity index (χ0v) is 11.6. The molecule has 104 valence electrons. The van der Waals surface area contributed by atoms with Crippen molar-refractivity contribution in [2.75, 3.05) is 19.6 Å². The predicted molar refractivity (Wildman–Crippen MR) is 73.4 cm³/mol. The van der Waals surface area contributed by atoms with Crippen molar-refractivity contribution in [2.24, 2.45) is 0 Å². The van der Waals surface area contributed by atoms with Gasteiger partial charge >= 0.3 is 0 Å². The Balaban J connectivity index is 2.00. The number of halogens is 1. The lowest BCUT2D eigenvalue weighted by Crippen LogP contribution is -2.48. The van der Waals surface area contributed by atoms with E-state index in [-0.39, 0.29) is 17.3 Å². The molecule has 0 bridgehead atoms. The first-order valence-corrected chi connectivity index (χ1v) is 6.73. The molecule has 1 saturated heterocycles. The molecular formula is C15H21FN2O. The second-order valence-corrected chi connectivity index (χ2v) is 5.78. The zero-order chi connectivity index (χ0) is 13.9. The highest BCUT2D eigenvalue weighted by Crippen LogP contribution is 2.13. The summed E-state index contributed by atoms with van der Waals surface area (Å²) in [6, 6.07) is 6.15. The molecule has 2 rings (SSSR count). The summed E-state index contributed by atoms with van der Waals surface area (Å²) < 4.78 is 12.8. The van der Waals surface area contributed by atoms with Gasteiger partial charge in [-0.1, -0.05) is 12.1 Å². The third-order valence-electron chi connectivity index (χ3n) is 3.42. The number of carbonyl (C=O) groups excluding carboxylic acids is 1. The van der Waals surface area contributed by atoms with E-state index in [1.807, 2.05) is 4.90 Å².